The Kier molecular flexibility index (Phi) is 5.15. The largest absolute Gasteiger partial charge is 0.319 e. The lowest BCUT2D eigenvalue weighted by Gasteiger charge is -2.17. The van der Waals surface area contributed by atoms with Gasteiger partial charge in [0.25, 0.3) is 5.91 Å². The molecule has 0 fully saturated rings. The molecule has 32 heavy (non-hydrogen) atoms. The van der Waals surface area contributed by atoms with Gasteiger partial charge in [0, 0.05) is 23.8 Å². The number of allylic oxidation sites excluding steroid dienone is 3. The molecule has 1 heterocycles. The Morgan fingerprint density at radius 1 is 1.03 bits per heavy atom. The van der Waals surface area contributed by atoms with E-state index in [0.29, 0.717) is 29.8 Å². The fourth-order valence-electron chi connectivity index (χ4n) is 4.25. The number of fused-ring (bicyclic) bond motifs is 1. The number of nitrogens with one attached hydrogen (secondary N) is 1. The van der Waals surface area contributed by atoms with Crippen LogP contribution in [0.15, 0.2) is 95.4 Å². The number of nitrogens with zero attached hydrogens (tertiary/aromatic N) is 2. The van der Waals surface area contributed by atoms with E-state index in [2.05, 4.69) is 28.6 Å². The maximum Gasteiger partial charge on any atom is 0.255 e. The van der Waals surface area contributed by atoms with Gasteiger partial charge in [0.1, 0.15) is 0 Å². The molecule has 0 radical (unpaired) electrons. The molecule has 0 atom stereocenters. The first-order chi connectivity index (χ1) is 15.6. The quantitative estimate of drug-likeness (QED) is 0.648. The normalized spacial score (nSPS) is 15.3. The Hall–Kier alpha value is -3.99. The summed E-state index contributed by atoms with van der Waals surface area (Å²) in [6.07, 6.45) is 8.25. The van der Waals surface area contributed by atoms with Crippen molar-refractivity contribution < 1.29 is 9.59 Å². The summed E-state index contributed by atoms with van der Waals surface area (Å²) in [6, 6.07) is 18.2. The second-order valence-electron chi connectivity index (χ2n) is 8.26. The van der Waals surface area contributed by atoms with E-state index in [1.165, 1.54) is 5.56 Å². The van der Waals surface area contributed by atoms with E-state index in [0.717, 1.165) is 22.3 Å². The summed E-state index contributed by atoms with van der Waals surface area (Å²) < 4.78 is 1.79. The van der Waals surface area contributed by atoms with Gasteiger partial charge in [-0.3, -0.25) is 14.3 Å². The van der Waals surface area contributed by atoms with Crippen LogP contribution in [0.4, 0.5) is 5.69 Å². The van der Waals surface area contributed by atoms with Crippen molar-refractivity contribution in [1.82, 2.24) is 9.78 Å². The number of aromatic nitrogens is 2. The number of Topliss-reactive ketones (excluding diaryl/α,β-unsaturated/α-hetero) is 1. The molecule has 158 valence electrons. The highest BCUT2D eigenvalue weighted by Crippen LogP contribution is 2.34. The second-order valence-corrected chi connectivity index (χ2v) is 8.26. The SMILES string of the molecule is CC1=C(C(=O)Nc2cnn(Cc3ccccc3)c2)C=C(C2=Cc3ccccc3C2)C(=O)C1. The van der Waals surface area contributed by atoms with Crippen LogP contribution in [0.3, 0.4) is 0 Å². The van der Waals surface area contributed by atoms with Crippen molar-refractivity contribution in [2.75, 3.05) is 5.32 Å². The number of anilines is 1. The lowest BCUT2D eigenvalue weighted by Crippen LogP contribution is -2.20. The van der Waals surface area contributed by atoms with Crippen molar-refractivity contribution in [3.8, 4) is 0 Å². The van der Waals surface area contributed by atoms with Crippen LogP contribution in [0.1, 0.15) is 30.0 Å². The summed E-state index contributed by atoms with van der Waals surface area (Å²) in [5.74, 6) is -0.156. The van der Waals surface area contributed by atoms with Gasteiger partial charge in [-0.2, -0.15) is 5.10 Å². The molecule has 1 aromatic heterocycles. The number of carbonyl (C=O) groups excluding carboxylic acids is 2. The minimum atomic E-state index is -0.220. The molecular weight excluding hydrogens is 398 g/mol. The van der Waals surface area contributed by atoms with Crippen molar-refractivity contribution in [1.29, 1.82) is 0 Å². The molecule has 3 aromatic rings. The van der Waals surface area contributed by atoms with E-state index < -0.39 is 0 Å². The van der Waals surface area contributed by atoms with Gasteiger partial charge >= 0.3 is 0 Å². The predicted octanol–water partition coefficient (Wildman–Crippen LogP) is 4.73. The van der Waals surface area contributed by atoms with E-state index in [1.54, 1.807) is 17.0 Å². The molecular formula is C27H23N3O2. The molecule has 5 rings (SSSR count). The number of hydrogen-bond donors (Lipinski definition) is 1. The van der Waals surface area contributed by atoms with Gasteiger partial charge in [-0.1, -0.05) is 66.2 Å². The molecule has 2 aromatic carbocycles. The molecule has 0 unspecified atom stereocenters. The molecule has 0 aliphatic heterocycles. The van der Waals surface area contributed by atoms with Crippen LogP contribution < -0.4 is 5.32 Å². The standard InChI is InChI=1S/C27H23N3O2/c1-18-11-26(31)25(22-12-20-9-5-6-10-21(20)13-22)14-24(18)27(32)29-23-15-28-30(17-23)16-19-7-3-2-4-8-19/h2-10,12,14-15,17H,11,13,16H2,1H3,(H,29,32). The average Bonchev–Trinajstić information content (AvgIpc) is 3.41. The highest BCUT2D eigenvalue weighted by Gasteiger charge is 2.27. The number of rotatable bonds is 5. The zero-order valence-electron chi connectivity index (χ0n) is 17.8. The first-order valence-electron chi connectivity index (χ1n) is 10.7. The Morgan fingerprint density at radius 2 is 1.81 bits per heavy atom. The second kappa shape index (κ2) is 8.27. The van der Waals surface area contributed by atoms with E-state index in [4.69, 9.17) is 0 Å². The monoisotopic (exact) mass is 421 g/mol. The van der Waals surface area contributed by atoms with Crippen LogP contribution in [0.25, 0.3) is 6.08 Å². The van der Waals surface area contributed by atoms with Gasteiger partial charge < -0.3 is 5.32 Å². The van der Waals surface area contributed by atoms with Crippen molar-refractivity contribution >= 4 is 23.5 Å². The molecule has 0 saturated carbocycles. The fourth-order valence-corrected chi connectivity index (χ4v) is 4.25. The van der Waals surface area contributed by atoms with E-state index in [-0.39, 0.29) is 18.1 Å². The molecule has 5 heteroatoms. The van der Waals surface area contributed by atoms with E-state index >= 15 is 0 Å². The third-order valence-corrected chi connectivity index (χ3v) is 5.91. The highest BCUT2D eigenvalue weighted by molar-refractivity contribution is 6.13. The van der Waals surface area contributed by atoms with Gasteiger partial charge in [-0.05, 0) is 41.7 Å². The Morgan fingerprint density at radius 3 is 2.62 bits per heavy atom. The van der Waals surface area contributed by atoms with Gasteiger partial charge in [-0.15, -0.1) is 0 Å². The van der Waals surface area contributed by atoms with Crippen LogP contribution in [0.2, 0.25) is 0 Å². The maximum absolute atomic E-state index is 13.0. The molecule has 0 spiro atoms. The first kappa shape index (κ1) is 19.9. The van der Waals surface area contributed by atoms with Gasteiger partial charge in [0.05, 0.1) is 18.4 Å². The van der Waals surface area contributed by atoms with Crippen molar-refractivity contribution in [3.63, 3.8) is 0 Å². The minimum Gasteiger partial charge on any atom is -0.319 e. The first-order valence-corrected chi connectivity index (χ1v) is 10.7. The van der Waals surface area contributed by atoms with Crippen molar-refractivity contribution in [2.24, 2.45) is 0 Å². The van der Waals surface area contributed by atoms with Crippen molar-refractivity contribution in [3.05, 3.63) is 112 Å². The van der Waals surface area contributed by atoms with Crippen LogP contribution in [-0.4, -0.2) is 21.5 Å². The average molecular weight is 422 g/mol. The fraction of sp³-hybridized carbons (Fsp3) is 0.148. The zero-order valence-corrected chi connectivity index (χ0v) is 17.8. The molecule has 5 nitrogen and oxygen atoms in total. The highest BCUT2D eigenvalue weighted by atomic mass is 16.2. The van der Waals surface area contributed by atoms with Gasteiger partial charge in [0.15, 0.2) is 5.78 Å². The summed E-state index contributed by atoms with van der Waals surface area (Å²) in [4.78, 5) is 25.8. The lowest BCUT2D eigenvalue weighted by atomic mass is 9.87. The molecule has 0 saturated heterocycles. The number of hydrogen-bond acceptors (Lipinski definition) is 3. The molecule has 1 N–H and O–H groups in total. The summed E-state index contributed by atoms with van der Waals surface area (Å²) in [5.41, 5.74) is 7.05. The van der Waals surface area contributed by atoms with E-state index in [1.807, 2.05) is 55.6 Å². The minimum absolute atomic E-state index is 0.0637. The Balaban J connectivity index is 1.33. The van der Waals surface area contributed by atoms with Crippen LogP contribution in [0.5, 0.6) is 0 Å². The van der Waals surface area contributed by atoms with Gasteiger partial charge in [0.2, 0.25) is 0 Å². The topological polar surface area (TPSA) is 64.0 Å². The lowest BCUT2D eigenvalue weighted by molar-refractivity contribution is -0.114. The Bertz CT molecular complexity index is 1310. The number of carbonyl (C=O) groups is 2. The maximum atomic E-state index is 13.0. The molecule has 2 aliphatic carbocycles. The molecule has 0 bridgehead atoms. The van der Waals surface area contributed by atoms with Crippen LogP contribution >= 0.6 is 0 Å². The summed E-state index contributed by atoms with van der Waals surface area (Å²) in [5, 5.41) is 7.28. The van der Waals surface area contributed by atoms with Gasteiger partial charge in [-0.25, -0.2) is 0 Å². The summed E-state index contributed by atoms with van der Waals surface area (Å²) in [7, 11) is 0. The molecule has 1 amide bonds. The van der Waals surface area contributed by atoms with Crippen molar-refractivity contribution in [2.45, 2.75) is 26.3 Å². The predicted molar refractivity (Wildman–Crippen MR) is 125 cm³/mol. The summed E-state index contributed by atoms with van der Waals surface area (Å²) in [6.45, 7) is 2.47. The Labute approximate surface area is 186 Å². The third-order valence-electron chi connectivity index (χ3n) is 5.91. The number of ketones is 1. The summed E-state index contributed by atoms with van der Waals surface area (Å²) >= 11 is 0. The zero-order chi connectivity index (χ0) is 22.1. The smallest absolute Gasteiger partial charge is 0.255 e. The van der Waals surface area contributed by atoms with Crippen LogP contribution in [0, 0.1) is 0 Å². The van der Waals surface area contributed by atoms with E-state index in [9.17, 15) is 9.59 Å². The molecule has 2 aliphatic rings. The van der Waals surface area contributed by atoms with Crippen LogP contribution in [-0.2, 0) is 22.6 Å². The number of amides is 1. The number of benzene rings is 2. The third kappa shape index (κ3) is 3.97.